The summed E-state index contributed by atoms with van der Waals surface area (Å²) in [5, 5.41) is 4.28. The average Bonchev–Trinajstić information content (AvgIpc) is 2.74. The Labute approximate surface area is 141 Å². The van der Waals surface area contributed by atoms with E-state index in [9.17, 15) is 4.39 Å². The molecule has 1 aromatic heterocycles. The van der Waals surface area contributed by atoms with Crippen molar-refractivity contribution in [2.75, 3.05) is 18.0 Å². The van der Waals surface area contributed by atoms with Crippen LogP contribution < -0.4 is 4.90 Å². The molecule has 22 heavy (non-hydrogen) atoms. The van der Waals surface area contributed by atoms with Crippen molar-refractivity contribution < 1.29 is 4.39 Å². The molecular weight excluding hydrogens is 371 g/mol. The van der Waals surface area contributed by atoms with Gasteiger partial charge in [0.25, 0.3) is 0 Å². The van der Waals surface area contributed by atoms with Crippen LogP contribution in [-0.2, 0) is 13.6 Å². The largest absolute Gasteiger partial charge is 0.371 e. The number of aliphatic imine (C=N–C) groups is 1. The van der Waals surface area contributed by atoms with Crippen LogP contribution in [0.4, 0.5) is 10.1 Å². The number of benzene rings is 1. The first-order valence-corrected chi connectivity index (χ1v) is 8.08. The highest BCUT2D eigenvalue weighted by Gasteiger charge is 2.27. The summed E-state index contributed by atoms with van der Waals surface area (Å²) >= 11 is 9.58. The lowest BCUT2D eigenvalue weighted by molar-refractivity contribution is 0.606. The minimum Gasteiger partial charge on any atom is -0.371 e. The van der Waals surface area contributed by atoms with Gasteiger partial charge in [-0.05, 0) is 35.1 Å². The molecule has 0 amide bonds. The van der Waals surface area contributed by atoms with Crippen molar-refractivity contribution in [3.63, 3.8) is 0 Å². The van der Waals surface area contributed by atoms with Crippen LogP contribution in [0.5, 0.6) is 0 Å². The van der Waals surface area contributed by atoms with Gasteiger partial charge in [0.1, 0.15) is 0 Å². The number of anilines is 1. The SMILES string of the molecule is C=NCc1c(N2CCC2)cc(Cl)c(F)c1-c1c(Br)cnn1C. The Kier molecular flexibility index (Phi) is 4.23. The maximum Gasteiger partial charge on any atom is 0.151 e. The zero-order chi connectivity index (χ0) is 15.9. The molecule has 1 fully saturated rings. The van der Waals surface area contributed by atoms with Gasteiger partial charge >= 0.3 is 0 Å². The molecule has 0 bridgehead atoms. The molecule has 1 saturated heterocycles. The van der Waals surface area contributed by atoms with E-state index >= 15 is 0 Å². The number of halogens is 3. The summed E-state index contributed by atoms with van der Waals surface area (Å²) in [5.74, 6) is -0.450. The van der Waals surface area contributed by atoms with E-state index in [4.69, 9.17) is 11.6 Å². The first-order valence-electron chi connectivity index (χ1n) is 6.90. The Morgan fingerprint density at radius 3 is 2.73 bits per heavy atom. The minimum atomic E-state index is -0.450. The highest BCUT2D eigenvalue weighted by molar-refractivity contribution is 9.10. The van der Waals surface area contributed by atoms with E-state index in [0.29, 0.717) is 17.8 Å². The van der Waals surface area contributed by atoms with Gasteiger partial charge in [0, 0.05) is 37.0 Å². The predicted octanol–water partition coefficient (Wildman–Crippen LogP) is 4.05. The number of aryl methyl sites for hydroxylation is 1. The molecule has 3 rings (SSSR count). The number of aromatic nitrogens is 2. The summed E-state index contributed by atoms with van der Waals surface area (Å²) < 4.78 is 17.1. The van der Waals surface area contributed by atoms with Gasteiger partial charge in [-0.2, -0.15) is 5.10 Å². The van der Waals surface area contributed by atoms with E-state index in [1.807, 2.05) is 0 Å². The van der Waals surface area contributed by atoms with Gasteiger partial charge in [-0.25, -0.2) is 4.39 Å². The van der Waals surface area contributed by atoms with Crippen molar-refractivity contribution in [1.29, 1.82) is 0 Å². The lowest BCUT2D eigenvalue weighted by Gasteiger charge is -2.35. The molecule has 0 spiro atoms. The molecule has 7 heteroatoms. The molecule has 0 radical (unpaired) electrons. The van der Waals surface area contributed by atoms with Gasteiger partial charge in [-0.15, -0.1) is 0 Å². The fourth-order valence-corrected chi connectivity index (χ4v) is 3.44. The molecule has 2 heterocycles. The molecule has 0 saturated carbocycles. The van der Waals surface area contributed by atoms with Crippen LogP contribution in [-0.4, -0.2) is 29.6 Å². The Morgan fingerprint density at radius 2 is 2.23 bits per heavy atom. The third-order valence-electron chi connectivity index (χ3n) is 3.90. The second-order valence-electron chi connectivity index (χ2n) is 5.23. The smallest absolute Gasteiger partial charge is 0.151 e. The fraction of sp³-hybridized carbons (Fsp3) is 0.333. The molecule has 116 valence electrons. The van der Waals surface area contributed by atoms with Crippen LogP contribution >= 0.6 is 27.5 Å². The molecule has 1 aliphatic rings. The lowest BCUT2D eigenvalue weighted by Crippen LogP contribution is -2.37. The summed E-state index contributed by atoms with van der Waals surface area (Å²) in [6, 6.07) is 1.68. The van der Waals surface area contributed by atoms with Gasteiger partial charge in [0.05, 0.1) is 27.9 Å². The van der Waals surface area contributed by atoms with Crippen LogP contribution in [0.3, 0.4) is 0 Å². The van der Waals surface area contributed by atoms with Gasteiger partial charge in [-0.3, -0.25) is 9.67 Å². The van der Waals surface area contributed by atoms with Crippen LogP contribution in [0.2, 0.25) is 5.02 Å². The maximum atomic E-state index is 14.8. The van der Waals surface area contributed by atoms with Crippen molar-refractivity contribution in [3.8, 4) is 11.3 Å². The van der Waals surface area contributed by atoms with Gasteiger partial charge in [0.2, 0.25) is 0 Å². The summed E-state index contributed by atoms with van der Waals surface area (Å²) in [6.07, 6.45) is 2.77. The standard InChI is InChI=1S/C15H15BrClFN4/c1-19-7-9-12(22-4-3-5-22)6-11(17)14(18)13(9)15-10(16)8-20-21(15)2/h6,8H,1,3-5,7H2,2H3. The third kappa shape index (κ3) is 2.44. The summed E-state index contributed by atoms with van der Waals surface area (Å²) in [7, 11) is 1.77. The predicted molar refractivity (Wildman–Crippen MR) is 91.4 cm³/mol. The van der Waals surface area contributed by atoms with Gasteiger partial charge < -0.3 is 4.90 Å². The van der Waals surface area contributed by atoms with Crippen molar-refractivity contribution in [1.82, 2.24) is 9.78 Å². The third-order valence-corrected chi connectivity index (χ3v) is 4.76. The second-order valence-corrected chi connectivity index (χ2v) is 6.49. The quantitative estimate of drug-likeness (QED) is 0.744. The zero-order valence-electron chi connectivity index (χ0n) is 12.1. The van der Waals surface area contributed by atoms with Crippen LogP contribution in [0.1, 0.15) is 12.0 Å². The molecule has 2 aromatic rings. The minimum absolute atomic E-state index is 0.109. The molecule has 0 unspecified atom stereocenters. The van der Waals surface area contributed by atoms with Crippen LogP contribution in [0.25, 0.3) is 11.3 Å². The normalized spacial score (nSPS) is 14.1. The Hall–Kier alpha value is -1.40. The topological polar surface area (TPSA) is 33.4 Å². The van der Waals surface area contributed by atoms with E-state index in [1.54, 1.807) is 24.0 Å². The molecule has 4 nitrogen and oxygen atoms in total. The molecular formula is C15H15BrClFN4. The van der Waals surface area contributed by atoms with Crippen LogP contribution in [0.15, 0.2) is 21.7 Å². The lowest BCUT2D eigenvalue weighted by atomic mass is 9.99. The number of hydrogen-bond acceptors (Lipinski definition) is 3. The first kappa shape index (κ1) is 15.5. The second kappa shape index (κ2) is 6.01. The van der Waals surface area contributed by atoms with Crippen molar-refractivity contribution >= 4 is 39.9 Å². The monoisotopic (exact) mass is 384 g/mol. The average molecular weight is 386 g/mol. The summed E-state index contributed by atoms with van der Waals surface area (Å²) in [5.41, 5.74) is 2.81. The summed E-state index contributed by atoms with van der Waals surface area (Å²) in [6.45, 7) is 5.77. The van der Waals surface area contributed by atoms with Crippen molar-refractivity contribution in [2.24, 2.45) is 12.0 Å². The van der Waals surface area contributed by atoms with E-state index in [-0.39, 0.29) is 5.02 Å². The highest BCUT2D eigenvalue weighted by atomic mass is 79.9. The van der Waals surface area contributed by atoms with Gasteiger partial charge in [0.15, 0.2) is 5.82 Å². The van der Waals surface area contributed by atoms with Crippen molar-refractivity contribution in [2.45, 2.75) is 13.0 Å². The van der Waals surface area contributed by atoms with E-state index in [2.05, 4.69) is 37.6 Å². The number of hydrogen-bond donors (Lipinski definition) is 0. The molecule has 0 N–H and O–H groups in total. The zero-order valence-corrected chi connectivity index (χ0v) is 14.5. The fourth-order valence-electron chi connectivity index (χ4n) is 2.70. The Balaban J connectivity index is 2.31. The summed E-state index contributed by atoms with van der Waals surface area (Å²) in [4.78, 5) is 6.16. The number of rotatable bonds is 4. The van der Waals surface area contributed by atoms with Crippen LogP contribution in [0, 0.1) is 5.82 Å². The Bertz CT molecular complexity index is 720. The molecule has 0 atom stereocenters. The van der Waals surface area contributed by atoms with Crippen molar-refractivity contribution in [3.05, 3.63) is 33.1 Å². The van der Waals surface area contributed by atoms with E-state index < -0.39 is 5.82 Å². The molecule has 1 aromatic carbocycles. The molecule has 1 aliphatic heterocycles. The van der Waals surface area contributed by atoms with E-state index in [0.717, 1.165) is 35.2 Å². The molecule has 0 aliphatic carbocycles. The Morgan fingerprint density at radius 1 is 1.50 bits per heavy atom. The number of nitrogens with zero attached hydrogens (tertiary/aromatic N) is 4. The van der Waals surface area contributed by atoms with E-state index in [1.165, 1.54) is 0 Å². The first-order chi connectivity index (χ1) is 10.5. The maximum absolute atomic E-state index is 14.8. The van der Waals surface area contributed by atoms with Gasteiger partial charge in [-0.1, -0.05) is 11.6 Å². The highest BCUT2D eigenvalue weighted by Crippen LogP contribution is 2.41.